The van der Waals surface area contributed by atoms with E-state index in [0.29, 0.717) is 17.9 Å². The van der Waals surface area contributed by atoms with Crippen LogP contribution in [0.4, 0.5) is 0 Å². The molecule has 28 heavy (non-hydrogen) atoms. The van der Waals surface area contributed by atoms with Crippen LogP contribution < -0.4 is 20.1 Å². The van der Waals surface area contributed by atoms with Crippen LogP contribution in [0.5, 0.6) is 11.5 Å². The van der Waals surface area contributed by atoms with Gasteiger partial charge in [-0.25, -0.2) is 0 Å². The Labute approximate surface area is 164 Å². The summed E-state index contributed by atoms with van der Waals surface area (Å²) < 4.78 is 10.7. The first-order valence-corrected chi connectivity index (χ1v) is 9.14. The summed E-state index contributed by atoms with van der Waals surface area (Å²) in [5.41, 5.74) is 2.61. The smallest absolute Gasteiger partial charge is 0.251 e. The first-order valence-electron chi connectivity index (χ1n) is 9.14. The highest BCUT2D eigenvalue weighted by Crippen LogP contribution is 2.34. The first kappa shape index (κ1) is 19.7. The van der Waals surface area contributed by atoms with E-state index in [1.807, 2.05) is 49.2 Å². The van der Waals surface area contributed by atoms with Crippen molar-refractivity contribution in [2.75, 3.05) is 27.4 Å². The number of nitrogens with zero attached hydrogens (tertiary/aromatic N) is 1. The van der Waals surface area contributed by atoms with E-state index in [1.54, 1.807) is 19.2 Å². The number of fused-ring (bicyclic) bond motifs is 1. The molecule has 0 aromatic heterocycles. The van der Waals surface area contributed by atoms with Gasteiger partial charge in [0.25, 0.3) is 5.91 Å². The maximum Gasteiger partial charge on any atom is 0.251 e. The lowest BCUT2D eigenvalue weighted by Crippen LogP contribution is -2.36. The Kier molecular flexibility index (Phi) is 6.16. The molecular formula is C21H25N3O4. The number of amides is 2. The molecule has 1 heterocycles. The second-order valence-corrected chi connectivity index (χ2v) is 6.85. The third-order valence-corrected chi connectivity index (χ3v) is 4.58. The quantitative estimate of drug-likeness (QED) is 0.765. The summed E-state index contributed by atoms with van der Waals surface area (Å²) in [7, 11) is 3.49. The number of carbonyl (C=O) groups is 2. The van der Waals surface area contributed by atoms with Gasteiger partial charge >= 0.3 is 0 Å². The van der Waals surface area contributed by atoms with E-state index in [2.05, 4.69) is 10.6 Å². The minimum Gasteiger partial charge on any atom is -0.454 e. The van der Waals surface area contributed by atoms with Crippen molar-refractivity contribution in [2.45, 2.75) is 19.5 Å². The molecule has 0 saturated carbocycles. The molecule has 2 aromatic carbocycles. The maximum absolute atomic E-state index is 12.4. The Balaban J connectivity index is 1.50. The first-order chi connectivity index (χ1) is 13.5. The van der Waals surface area contributed by atoms with E-state index in [9.17, 15) is 9.59 Å². The van der Waals surface area contributed by atoms with Crippen molar-refractivity contribution in [1.82, 2.24) is 15.5 Å². The van der Waals surface area contributed by atoms with Gasteiger partial charge in [0, 0.05) is 19.2 Å². The summed E-state index contributed by atoms with van der Waals surface area (Å²) in [6, 6.07) is 12.9. The number of nitrogens with one attached hydrogen (secondary N) is 2. The van der Waals surface area contributed by atoms with Crippen molar-refractivity contribution in [1.29, 1.82) is 0 Å². The van der Waals surface area contributed by atoms with E-state index in [1.165, 1.54) is 0 Å². The fraction of sp³-hybridized carbons (Fsp3) is 0.333. The molecule has 0 fully saturated rings. The number of rotatable bonds is 7. The van der Waals surface area contributed by atoms with Crippen LogP contribution in [0.15, 0.2) is 42.5 Å². The van der Waals surface area contributed by atoms with Crippen LogP contribution in [0.3, 0.4) is 0 Å². The topological polar surface area (TPSA) is 79.9 Å². The number of hydrogen-bond acceptors (Lipinski definition) is 5. The SMILES string of the molecule is CNC(=O)c1ccc(CN(C)CC(=O)N[C@@H](C)c2ccc3c(c2)OCO3)cc1. The van der Waals surface area contributed by atoms with Gasteiger partial charge in [-0.15, -0.1) is 0 Å². The van der Waals surface area contributed by atoms with Crippen molar-refractivity contribution in [2.24, 2.45) is 0 Å². The van der Waals surface area contributed by atoms with E-state index in [4.69, 9.17) is 9.47 Å². The zero-order valence-electron chi connectivity index (χ0n) is 16.3. The lowest BCUT2D eigenvalue weighted by atomic mass is 10.1. The van der Waals surface area contributed by atoms with Gasteiger partial charge in [0.15, 0.2) is 11.5 Å². The van der Waals surface area contributed by atoms with Gasteiger partial charge in [0.05, 0.1) is 12.6 Å². The molecule has 0 unspecified atom stereocenters. The number of carbonyl (C=O) groups excluding carboxylic acids is 2. The molecule has 0 aliphatic carbocycles. The van der Waals surface area contributed by atoms with Crippen molar-refractivity contribution in [3.05, 3.63) is 59.2 Å². The lowest BCUT2D eigenvalue weighted by Gasteiger charge is -2.19. The fourth-order valence-corrected chi connectivity index (χ4v) is 3.07. The molecule has 0 radical (unpaired) electrons. The predicted molar refractivity (Wildman–Crippen MR) is 105 cm³/mol. The summed E-state index contributed by atoms with van der Waals surface area (Å²) in [5.74, 6) is 1.26. The Bertz CT molecular complexity index is 851. The molecule has 0 spiro atoms. The highest BCUT2D eigenvalue weighted by atomic mass is 16.7. The highest BCUT2D eigenvalue weighted by Gasteiger charge is 2.17. The summed E-state index contributed by atoms with van der Waals surface area (Å²) in [4.78, 5) is 25.9. The van der Waals surface area contributed by atoms with Crippen LogP contribution >= 0.6 is 0 Å². The third-order valence-electron chi connectivity index (χ3n) is 4.58. The Morgan fingerprint density at radius 3 is 2.54 bits per heavy atom. The Hall–Kier alpha value is -3.06. The minimum absolute atomic E-state index is 0.0605. The molecule has 7 heteroatoms. The van der Waals surface area contributed by atoms with Gasteiger partial charge in [-0.05, 0) is 49.4 Å². The fourth-order valence-electron chi connectivity index (χ4n) is 3.07. The molecule has 2 aromatic rings. The summed E-state index contributed by atoms with van der Waals surface area (Å²) in [5, 5.41) is 5.60. The van der Waals surface area contributed by atoms with Crippen LogP contribution in [0.25, 0.3) is 0 Å². The largest absolute Gasteiger partial charge is 0.454 e. The average Bonchev–Trinajstić information content (AvgIpc) is 3.15. The highest BCUT2D eigenvalue weighted by molar-refractivity contribution is 5.93. The standard InChI is InChI=1S/C21H25N3O4/c1-14(17-8-9-18-19(10-17)28-13-27-18)23-20(25)12-24(3)11-15-4-6-16(7-5-15)21(26)22-2/h4-10,14H,11-13H2,1-3H3,(H,22,26)(H,23,25)/t14-/m0/s1. The maximum atomic E-state index is 12.4. The molecular weight excluding hydrogens is 358 g/mol. The van der Waals surface area contributed by atoms with Crippen LogP contribution in [0, 0.1) is 0 Å². The molecule has 2 amide bonds. The summed E-state index contributed by atoms with van der Waals surface area (Å²) in [6.07, 6.45) is 0. The van der Waals surface area contributed by atoms with Crippen LogP contribution in [0.1, 0.15) is 34.5 Å². The number of hydrogen-bond donors (Lipinski definition) is 2. The second kappa shape index (κ2) is 8.75. The van der Waals surface area contributed by atoms with E-state index < -0.39 is 0 Å². The molecule has 0 saturated heterocycles. The monoisotopic (exact) mass is 383 g/mol. The molecule has 3 rings (SSSR count). The van der Waals surface area contributed by atoms with Crippen molar-refractivity contribution < 1.29 is 19.1 Å². The number of likely N-dealkylation sites (N-methyl/N-ethyl adjacent to an activating group) is 1. The van der Waals surface area contributed by atoms with Crippen molar-refractivity contribution in [3.8, 4) is 11.5 Å². The van der Waals surface area contributed by atoms with E-state index >= 15 is 0 Å². The summed E-state index contributed by atoms with van der Waals surface area (Å²) in [6.45, 7) is 3.05. The van der Waals surface area contributed by atoms with Crippen LogP contribution in [0.2, 0.25) is 0 Å². The Morgan fingerprint density at radius 1 is 1.11 bits per heavy atom. The molecule has 2 N–H and O–H groups in total. The van der Waals surface area contributed by atoms with Gasteiger partial charge in [0.1, 0.15) is 0 Å². The van der Waals surface area contributed by atoms with Gasteiger partial charge < -0.3 is 20.1 Å². The van der Waals surface area contributed by atoms with Crippen molar-refractivity contribution >= 4 is 11.8 Å². The molecule has 7 nitrogen and oxygen atoms in total. The molecule has 1 aliphatic heterocycles. The zero-order chi connectivity index (χ0) is 20.1. The predicted octanol–water partition coefficient (Wildman–Crippen LogP) is 2.08. The zero-order valence-corrected chi connectivity index (χ0v) is 16.3. The molecule has 1 atom stereocenters. The average molecular weight is 383 g/mol. The number of ether oxygens (including phenoxy) is 2. The molecule has 148 valence electrons. The van der Waals surface area contributed by atoms with Gasteiger partial charge in [0.2, 0.25) is 12.7 Å². The normalized spacial score (nSPS) is 13.3. The van der Waals surface area contributed by atoms with Gasteiger partial charge in [-0.3, -0.25) is 14.5 Å². The van der Waals surface area contributed by atoms with Crippen LogP contribution in [-0.2, 0) is 11.3 Å². The Morgan fingerprint density at radius 2 is 1.82 bits per heavy atom. The summed E-state index contributed by atoms with van der Waals surface area (Å²) >= 11 is 0. The molecule has 0 bridgehead atoms. The van der Waals surface area contributed by atoms with Gasteiger partial charge in [-0.1, -0.05) is 18.2 Å². The minimum atomic E-state index is -0.137. The van der Waals surface area contributed by atoms with E-state index in [0.717, 1.165) is 16.9 Å². The second-order valence-electron chi connectivity index (χ2n) is 6.85. The van der Waals surface area contributed by atoms with Crippen LogP contribution in [-0.4, -0.2) is 44.1 Å². The van der Waals surface area contributed by atoms with Crippen molar-refractivity contribution in [3.63, 3.8) is 0 Å². The third kappa shape index (κ3) is 4.80. The van der Waals surface area contributed by atoms with Gasteiger partial charge in [-0.2, -0.15) is 0 Å². The number of benzene rings is 2. The molecule has 1 aliphatic rings. The van der Waals surface area contributed by atoms with E-state index in [-0.39, 0.29) is 31.2 Å². The lowest BCUT2D eigenvalue weighted by molar-refractivity contribution is -0.122.